The third kappa shape index (κ3) is 2.97. The maximum absolute atomic E-state index is 12.6. The number of amides is 2. The molecule has 132 valence electrons. The number of piperidine rings is 1. The van der Waals surface area contributed by atoms with Crippen LogP contribution in [0.25, 0.3) is 0 Å². The van der Waals surface area contributed by atoms with Crippen LogP contribution in [0.3, 0.4) is 0 Å². The first-order valence-electron chi connectivity index (χ1n) is 8.02. The number of pyridine rings is 1. The van der Waals surface area contributed by atoms with Crippen molar-refractivity contribution in [3.05, 3.63) is 54.4 Å². The molecule has 0 aliphatic carbocycles. The molecule has 3 atom stereocenters. The number of carbonyl (C=O) groups excluding carboxylic acids is 2. The van der Waals surface area contributed by atoms with Crippen molar-refractivity contribution in [1.29, 1.82) is 5.26 Å². The molecule has 1 aliphatic rings. The molecule has 26 heavy (non-hydrogen) atoms. The average molecular weight is 352 g/mol. The molecule has 0 radical (unpaired) electrons. The maximum Gasteiger partial charge on any atom is 0.296 e. The van der Waals surface area contributed by atoms with Crippen LogP contribution in [0.2, 0.25) is 0 Å². The van der Waals surface area contributed by atoms with E-state index in [4.69, 9.17) is 9.47 Å². The first-order valence-corrected chi connectivity index (χ1v) is 8.02. The van der Waals surface area contributed by atoms with E-state index in [2.05, 4.69) is 5.32 Å². The molecule has 3 rings (SSSR count). The summed E-state index contributed by atoms with van der Waals surface area (Å²) in [4.78, 5) is 24.9. The van der Waals surface area contributed by atoms with Gasteiger partial charge in [-0.25, -0.2) is 0 Å². The van der Waals surface area contributed by atoms with Gasteiger partial charge in [0.25, 0.3) is 5.91 Å². The number of methoxy groups -OCH3 is 2. The molecule has 1 aromatic carbocycles. The van der Waals surface area contributed by atoms with E-state index in [1.54, 1.807) is 47.3 Å². The summed E-state index contributed by atoms with van der Waals surface area (Å²) in [5.41, 5.74) is 0.652. The predicted octanol–water partition coefficient (Wildman–Crippen LogP) is 1.11. The van der Waals surface area contributed by atoms with Gasteiger partial charge in [-0.1, -0.05) is 12.1 Å². The van der Waals surface area contributed by atoms with Crippen molar-refractivity contribution in [1.82, 2.24) is 5.32 Å². The van der Waals surface area contributed by atoms with Crippen LogP contribution in [-0.4, -0.2) is 26.0 Å². The lowest BCUT2D eigenvalue weighted by Crippen LogP contribution is -2.59. The lowest BCUT2D eigenvalue weighted by molar-refractivity contribution is -0.713. The highest BCUT2D eigenvalue weighted by Gasteiger charge is 2.50. The molecule has 7 heteroatoms. The molecule has 0 unspecified atom stereocenters. The molecular weight excluding hydrogens is 334 g/mol. The van der Waals surface area contributed by atoms with Crippen LogP contribution in [-0.2, 0) is 9.59 Å². The Bertz CT molecular complexity index is 876. The summed E-state index contributed by atoms with van der Waals surface area (Å²) < 4.78 is 12.3. The van der Waals surface area contributed by atoms with Gasteiger partial charge in [-0.2, -0.15) is 9.83 Å². The number of nitriles is 1. The largest absolute Gasteiger partial charge is 0.493 e. The Morgan fingerprint density at radius 3 is 2.35 bits per heavy atom. The fourth-order valence-corrected chi connectivity index (χ4v) is 3.27. The van der Waals surface area contributed by atoms with E-state index in [1.807, 2.05) is 12.1 Å². The number of benzene rings is 1. The molecule has 2 heterocycles. The number of imide groups is 1. The highest BCUT2D eigenvalue weighted by molar-refractivity contribution is 6.02. The zero-order valence-electron chi connectivity index (χ0n) is 14.4. The second kappa shape index (κ2) is 7.23. The van der Waals surface area contributed by atoms with Gasteiger partial charge in [0.15, 0.2) is 23.9 Å². The minimum atomic E-state index is -1.01. The van der Waals surface area contributed by atoms with Gasteiger partial charge >= 0.3 is 0 Å². The fraction of sp³-hybridized carbons (Fsp3) is 0.263. The lowest BCUT2D eigenvalue weighted by atomic mass is 9.77. The smallest absolute Gasteiger partial charge is 0.296 e. The molecule has 1 saturated heterocycles. The Morgan fingerprint density at radius 1 is 1.04 bits per heavy atom. The average Bonchev–Trinajstić information content (AvgIpc) is 2.67. The monoisotopic (exact) mass is 352 g/mol. The Balaban J connectivity index is 2.16. The first kappa shape index (κ1) is 17.4. The lowest BCUT2D eigenvalue weighted by Gasteiger charge is -2.30. The van der Waals surface area contributed by atoms with E-state index in [0.717, 1.165) is 0 Å². The van der Waals surface area contributed by atoms with Crippen LogP contribution in [0.1, 0.15) is 17.5 Å². The fourth-order valence-electron chi connectivity index (χ4n) is 3.27. The number of hydrogen-bond donors (Lipinski definition) is 1. The summed E-state index contributed by atoms with van der Waals surface area (Å²) in [5.74, 6) is -1.71. The maximum atomic E-state index is 12.6. The Morgan fingerprint density at radius 2 is 1.73 bits per heavy atom. The van der Waals surface area contributed by atoms with Gasteiger partial charge in [-0.05, 0) is 17.7 Å². The van der Waals surface area contributed by atoms with Gasteiger partial charge in [0.05, 0.1) is 26.2 Å². The third-order valence-electron chi connectivity index (χ3n) is 4.49. The van der Waals surface area contributed by atoms with Gasteiger partial charge in [-0.3, -0.25) is 14.9 Å². The second-order valence-corrected chi connectivity index (χ2v) is 5.87. The van der Waals surface area contributed by atoms with Crippen LogP contribution < -0.4 is 19.4 Å². The minimum Gasteiger partial charge on any atom is -0.493 e. The number of nitrogens with zero attached hydrogens (tertiary/aromatic N) is 2. The molecule has 1 N–H and O–H groups in total. The summed E-state index contributed by atoms with van der Waals surface area (Å²) in [6.45, 7) is 0. The molecule has 1 fully saturated rings. The first-order chi connectivity index (χ1) is 12.6. The van der Waals surface area contributed by atoms with Crippen LogP contribution in [0, 0.1) is 17.2 Å². The Kier molecular flexibility index (Phi) is 4.85. The third-order valence-corrected chi connectivity index (χ3v) is 4.49. The van der Waals surface area contributed by atoms with E-state index in [0.29, 0.717) is 17.1 Å². The van der Waals surface area contributed by atoms with E-state index in [-0.39, 0.29) is 0 Å². The highest BCUT2D eigenvalue weighted by Crippen LogP contribution is 2.39. The summed E-state index contributed by atoms with van der Waals surface area (Å²) in [6.07, 6.45) is 3.48. The molecule has 0 saturated carbocycles. The number of nitrogens with one attached hydrogen (secondary N) is 1. The van der Waals surface area contributed by atoms with Crippen LogP contribution in [0.4, 0.5) is 0 Å². The topological polar surface area (TPSA) is 92.3 Å². The molecule has 2 aromatic rings. The number of ether oxygens (including phenoxy) is 2. The summed E-state index contributed by atoms with van der Waals surface area (Å²) in [5, 5.41) is 11.9. The van der Waals surface area contributed by atoms with E-state index < -0.39 is 29.7 Å². The van der Waals surface area contributed by atoms with Crippen molar-refractivity contribution in [3.63, 3.8) is 0 Å². The molecule has 0 bridgehead atoms. The highest BCUT2D eigenvalue weighted by atomic mass is 16.5. The summed E-state index contributed by atoms with van der Waals surface area (Å²) >= 11 is 0. The number of hydrogen-bond acceptors (Lipinski definition) is 5. The molecule has 7 nitrogen and oxygen atoms in total. The zero-order chi connectivity index (χ0) is 18.7. The Labute approximate surface area is 150 Å². The Hall–Kier alpha value is -3.40. The standard InChI is InChI=1S/C19H17N3O4/c1-25-14-7-6-12(10-15(14)26-2)16-13(11-20)18(23)21-19(24)17(16)22-8-4-3-5-9-22/h3-10,13,16-17H,1-2H3/p+1/t13-,16+,17-/m1/s1. The van der Waals surface area contributed by atoms with Crippen molar-refractivity contribution in [3.8, 4) is 17.6 Å². The van der Waals surface area contributed by atoms with Crippen LogP contribution in [0.5, 0.6) is 11.5 Å². The predicted molar refractivity (Wildman–Crippen MR) is 90.2 cm³/mol. The van der Waals surface area contributed by atoms with Crippen molar-refractivity contribution in [2.24, 2.45) is 5.92 Å². The van der Waals surface area contributed by atoms with Gasteiger partial charge in [0, 0.05) is 12.1 Å². The SMILES string of the molecule is COc1ccc([C@H]2[C@@H](C#N)C(=O)NC(=O)[C@@H]2[n+]2ccccc2)cc1OC. The molecule has 1 aliphatic heterocycles. The number of carbonyl (C=O) groups is 2. The number of rotatable bonds is 4. The summed E-state index contributed by atoms with van der Waals surface area (Å²) in [6, 6.07) is 11.9. The number of aromatic nitrogens is 1. The molecule has 0 spiro atoms. The second-order valence-electron chi connectivity index (χ2n) is 5.87. The molecule has 1 aromatic heterocycles. The quantitative estimate of drug-likeness (QED) is 0.657. The van der Waals surface area contributed by atoms with Gasteiger partial charge in [0.2, 0.25) is 11.9 Å². The zero-order valence-corrected chi connectivity index (χ0v) is 14.4. The van der Waals surface area contributed by atoms with E-state index >= 15 is 0 Å². The van der Waals surface area contributed by atoms with Crippen molar-refractivity contribution >= 4 is 11.8 Å². The minimum absolute atomic E-state index is 0.447. The van der Waals surface area contributed by atoms with Gasteiger partial charge < -0.3 is 9.47 Å². The van der Waals surface area contributed by atoms with Crippen LogP contribution >= 0.6 is 0 Å². The van der Waals surface area contributed by atoms with Crippen molar-refractivity contribution in [2.45, 2.75) is 12.0 Å². The van der Waals surface area contributed by atoms with Crippen molar-refractivity contribution in [2.75, 3.05) is 14.2 Å². The summed E-state index contributed by atoms with van der Waals surface area (Å²) in [7, 11) is 3.03. The van der Waals surface area contributed by atoms with Crippen LogP contribution in [0.15, 0.2) is 48.8 Å². The van der Waals surface area contributed by atoms with E-state index in [9.17, 15) is 14.9 Å². The van der Waals surface area contributed by atoms with Crippen molar-refractivity contribution < 1.29 is 23.6 Å². The normalized spacial score (nSPS) is 22.3. The molecular formula is C19H18N3O4+. The van der Waals surface area contributed by atoms with Gasteiger partial charge in [-0.15, -0.1) is 0 Å². The van der Waals surface area contributed by atoms with Gasteiger partial charge in [0.1, 0.15) is 5.92 Å². The molecule has 2 amide bonds. The van der Waals surface area contributed by atoms with E-state index in [1.165, 1.54) is 14.2 Å².